The van der Waals surface area contributed by atoms with Crippen molar-refractivity contribution in [3.63, 3.8) is 0 Å². The SMILES string of the molecule is NNc1cccc(C(=O)NCC2CSCCS2)c1[N+](=O)[O-]. The van der Waals surface area contributed by atoms with Gasteiger partial charge in [0.05, 0.1) is 4.92 Å². The van der Waals surface area contributed by atoms with Gasteiger partial charge in [-0.05, 0) is 12.1 Å². The number of nitro benzene ring substituents is 1. The van der Waals surface area contributed by atoms with E-state index in [-0.39, 0.29) is 16.9 Å². The third-order valence-electron chi connectivity index (χ3n) is 2.99. The first-order chi connectivity index (χ1) is 10.1. The second kappa shape index (κ2) is 7.53. The van der Waals surface area contributed by atoms with Crippen molar-refractivity contribution in [1.29, 1.82) is 0 Å². The number of nitrogens with one attached hydrogen (secondary N) is 2. The minimum Gasteiger partial charge on any atom is -0.351 e. The zero-order valence-electron chi connectivity index (χ0n) is 11.2. The van der Waals surface area contributed by atoms with E-state index < -0.39 is 10.8 Å². The molecule has 1 atom stereocenters. The van der Waals surface area contributed by atoms with E-state index in [1.165, 1.54) is 12.1 Å². The minimum absolute atomic E-state index is 0.0175. The average Bonchev–Trinajstić information content (AvgIpc) is 2.52. The molecule has 0 radical (unpaired) electrons. The van der Waals surface area contributed by atoms with Crippen molar-refractivity contribution in [2.75, 3.05) is 29.2 Å². The van der Waals surface area contributed by atoms with Crippen LogP contribution in [-0.2, 0) is 0 Å². The van der Waals surface area contributed by atoms with Crippen molar-refractivity contribution >= 4 is 40.8 Å². The molecule has 114 valence electrons. The number of hydrogen-bond acceptors (Lipinski definition) is 7. The molecular formula is C12H16N4O3S2. The number of para-hydroxylation sites is 1. The van der Waals surface area contributed by atoms with E-state index in [2.05, 4.69) is 10.7 Å². The van der Waals surface area contributed by atoms with Gasteiger partial charge in [-0.2, -0.15) is 23.5 Å². The van der Waals surface area contributed by atoms with E-state index in [9.17, 15) is 14.9 Å². The highest BCUT2D eigenvalue weighted by molar-refractivity contribution is 8.06. The molecule has 1 amide bonds. The summed E-state index contributed by atoms with van der Waals surface area (Å²) in [7, 11) is 0. The van der Waals surface area contributed by atoms with Crippen molar-refractivity contribution in [3.05, 3.63) is 33.9 Å². The van der Waals surface area contributed by atoms with Crippen molar-refractivity contribution < 1.29 is 9.72 Å². The van der Waals surface area contributed by atoms with Crippen molar-refractivity contribution in [2.24, 2.45) is 5.84 Å². The van der Waals surface area contributed by atoms with Gasteiger partial charge in [0.2, 0.25) is 0 Å². The molecule has 1 aromatic carbocycles. The summed E-state index contributed by atoms with van der Waals surface area (Å²) >= 11 is 3.67. The van der Waals surface area contributed by atoms with Crippen molar-refractivity contribution in [3.8, 4) is 0 Å². The third-order valence-corrected chi connectivity index (χ3v) is 5.84. The van der Waals surface area contributed by atoms with E-state index in [0.29, 0.717) is 11.8 Å². The molecule has 7 nitrogen and oxygen atoms in total. The highest BCUT2D eigenvalue weighted by atomic mass is 32.2. The predicted octanol–water partition coefficient (Wildman–Crippen LogP) is 1.46. The maximum Gasteiger partial charge on any atom is 0.306 e. The van der Waals surface area contributed by atoms with Crippen LogP contribution in [0.15, 0.2) is 18.2 Å². The Balaban J connectivity index is 2.09. The van der Waals surface area contributed by atoms with Gasteiger partial charge in [0, 0.05) is 29.1 Å². The molecule has 1 unspecified atom stereocenters. The number of thioether (sulfide) groups is 2. The van der Waals surface area contributed by atoms with E-state index in [1.807, 2.05) is 23.5 Å². The summed E-state index contributed by atoms with van der Waals surface area (Å²) in [6.07, 6.45) is 0. The van der Waals surface area contributed by atoms with Gasteiger partial charge >= 0.3 is 5.69 Å². The summed E-state index contributed by atoms with van der Waals surface area (Å²) in [6.45, 7) is 0.508. The molecule has 2 rings (SSSR count). The molecule has 1 aromatic rings. The number of nitrogen functional groups attached to an aromatic ring is 1. The number of nitrogens with two attached hydrogens (primary N) is 1. The standard InChI is InChI=1S/C12H16N4O3S2/c13-15-10-3-1-2-9(11(10)16(18)19)12(17)14-6-8-7-20-4-5-21-8/h1-3,8,15H,4-7,13H2,(H,14,17). The van der Waals surface area contributed by atoms with E-state index in [1.54, 1.807) is 6.07 Å². The number of amides is 1. The zero-order chi connectivity index (χ0) is 15.2. The van der Waals surface area contributed by atoms with Gasteiger partial charge in [0.15, 0.2) is 0 Å². The lowest BCUT2D eigenvalue weighted by molar-refractivity contribution is -0.384. The number of hydrazine groups is 1. The predicted molar refractivity (Wildman–Crippen MR) is 86.8 cm³/mol. The smallest absolute Gasteiger partial charge is 0.306 e. The summed E-state index contributed by atoms with van der Waals surface area (Å²) in [5.74, 6) is 7.99. The molecular weight excluding hydrogens is 312 g/mol. The highest BCUT2D eigenvalue weighted by Crippen LogP contribution is 2.28. The number of benzene rings is 1. The fraction of sp³-hybridized carbons (Fsp3) is 0.417. The van der Waals surface area contributed by atoms with Crippen LogP contribution in [0.25, 0.3) is 0 Å². The average molecular weight is 328 g/mol. The first kappa shape index (κ1) is 15.9. The lowest BCUT2D eigenvalue weighted by Gasteiger charge is -2.21. The van der Waals surface area contributed by atoms with Crippen LogP contribution in [0.3, 0.4) is 0 Å². The van der Waals surface area contributed by atoms with Crippen LogP contribution in [0.2, 0.25) is 0 Å². The van der Waals surface area contributed by atoms with Crippen LogP contribution in [0.1, 0.15) is 10.4 Å². The molecule has 0 bridgehead atoms. The number of nitro groups is 1. The molecule has 9 heteroatoms. The Labute approximate surface area is 130 Å². The Morgan fingerprint density at radius 1 is 1.48 bits per heavy atom. The van der Waals surface area contributed by atoms with Crippen LogP contribution < -0.4 is 16.6 Å². The van der Waals surface area contributed by atoms with Gasteiger partial charge in [-0.1, -0.05) is 6.07 Å². The Kier molecular flexibility index (Phi) is 5.71. The largest absolute Gasteiger partial charge is 0.351 e. The molecule has 4 N–H and O–H groups in total. The first-order valence-corrected chi connectivity index (χ1v) is 8.55. The first-order valence-electron chi connectivity index (χ1n) is 6.35. The Morgan fingerprint density at radius 3 is 2.90 bits per heavy atom. The van der Waals surface area contributed by atoms with E-state index in [0.717, 1.165) is 17.3 Å². The summed E-state index contributed by atoms with van der Waals surface area (Å²) in [5, 5.41) is 14.3. The molecule has 0 aliphatic carbocycles. The molecule has 1 fully saturated rings. The van der Waals surface area contributed by atoms with Crippen LogP contribution >= 0.6 is 23.5 Å². The lowest BCUT2D eigenvalue weighted by Crippen LogP contribution is -2.33. The number of rotatable bonds is 5. The number of anilines is 1. The second-order valence-electron chi connectivity index (χ2n) is 4.38. The highest BCUT2D eigenvalue weighted by Gasteiger charge is 2.25. The maximum absolute atomic E-state index is 12.2. The van der Waals surface area contributed by atoms with Gasteiger partial charge in [-0.3, -0.25) is 20.8 Å². The molecule has 1 saturated heterocycles. The number of nitrogens with zero attached hydrogens (tertiary/aromatic N) is 1. The molecule has 1 heterocycles. The topological polar surface area (TPSA) is 110 Å². The summed E-state index contributed by atoms with van der Waals surface area (Å²) in [6, 6.07) is 4.45. The summed E-state index contributed by atoms with van der Waals surface area (Å²) < 4.78 is 0. The fourth-order valence-corrected chi connectivity index (χ4v) is 4.61. The number of carbonyl (C=O) groups excluding carboxylic acids is 1. The summed E-state index contributed by atoms with van der Waals surface area (Å²) in [5.41, 5.74) is 2.08. The van der Waals surface area contributed by atoms with Crippen LogP contribution in [0, 0.1) is 10.1 Å². The van der Waals surface area contributed by atoms with Crippen LogP contribution in [-0.4, -0.2) is 39.9 Å². The van der Waals surface area contributed by atoms with E-state index >= 15 is 0 Å². The lowest BCUT2D eigenvalue weighted by atomic mass is 10.1. The molecule has 0 saturated carbocycles. The van der Waals surface area contributed by atoms with E-state index in [4.69, 9.17) is 5.84 Å². The minimum atomic E-state index is -0.602. The second-order valence-corrected chi connectivity index (χ2v) is 6.94. The Morgan fingerprint density at radius 2 is 2.29 bits per heavy atom. The fourth-order valence-electron chi connectivity index (χ4n) is 2.00. The molecule has 0 aromatic heterocycles. The monoisotopic (exact) mass is 328 g/mol. The Bertz CT molecular complexity index is 535. The van der Waals surface area contributed by atoms with Gasteiger partial charge in [0.25, 0.3) is 5.91 Å². The molecule has 21 heavy (non-hydrogen) atoms. The molecule has 0 spiro atoms. The van der Waals surface area contributed by atoms with Gasteiger partial charge in [-0.25, -0.2) is 0 Å². The van der Waals surface area contributed by atoms with Gasteiger partial charge in [-0.15, -0.1) is 0 Å². The summed E-state index contributed by atoms with van der Waals surface area (Å²) in [4.78, 5) is 22.7. The van der Waals surface area contributed by atoms with Crippen LogP contribution in [0.4, 0.5) is 11.4 Å². The van der Waals surface area contributed by atoms with Gasteiger partial charge < -0.3 is 10.7 Å². The normalized spacial score (nSPS) is 18.0. The quantitative estimate of drug-likeness (QED) is 0.426. The maximum atomic E-state index is 12.2. The third kappa shape index (κ3) is 4.02. The molecule has 1 aliphatic heterocycles. The van der Waals surface area contributed by atoms with Gasteiger partial charge in [0.1, 0.15) is 11.3 Å². The van der Waals surface area contributed by atoms with Crippen molar-refractivity contribution in [2.45, 2.75) is 5.25 Å². The zero-order valence-corrected chi connectivity index (χ0v) is 12.8. The number of hydrogen-bond donors (Lipinski definition) is 3. The Hall–Kier alpha value is -1.45. The number of carbonyl (C=O) groups is 1. The van der Waals surface area contributed by atoms with Crippen LogP contribution in [0.5, 0.6) is 0 Å². The van der Waals surface area contributed by atoms with Crippen molar-refractivity contribution in [1.82, 2.24) is 5.32 Å². The molecule has 1 aliphatic rings.